The van der Waals surface area contributed by atoms with Gasteiger partial charge in [-0.15, -0.1) is 0 Å². The maximum absolute atomic E-state index is 12.6. The molecule has 2 aromatic rings. The number of primary amides is 1. The zero-order valence-electron chi connectivity index (χ0n) is 15.7. The summed E-state index contributed by atoms with van der Waals surface area (Å²) in [5.74, 6) is 0.922. The van der Waals surface area contributed by atoms with Gasteiger partial charge in [0.15, 0.2) is 11.5 Å². The third-order valence-electron chi connectivity index (χ3n) is 3.91. The Hall–Kier alpha value is -2.94. The van der Waals surface area contributed by atoms with Crippen molar-refractivity contribution in [1.82, 2.24) is 5.32 Å². The van der Waals surface area contributed by atoms with E-state index in [9.17, 15) is 9.59 Å². The minimum atomic E-state index is -0.717. The third-order valence-corrected chi connectivity index (χ3v) is 4.40. The first kappa shape index (κ1) is 21.4. The Balaban J connectivity index is 2.21. The Morgan fingerprint density at radius 1 is 1.07 bits per heavy atom. The fraction of sp³-hybridized carbons (Fsp3) is 0.263. The lowest BCUT2D eigenvalue weighted by Gasteiger charge is -2.19. The van der Waals surface area contributed by atoms with Crippen LogP contribution < -0.4 is 30.6 Å². The summed E-state index contributed by atoms with van der Waals surface area (Å²) in [5, 5.41) is 5.36. The number of amides is 3. The van der Waals surface area contributed by atoms with Gasteiger partial charge in [-0.2, -0.15) is 0 Å². The van der Waals surface area contributed by atoms with E-state index in [1.807, 2.05) is 18.2 Å². The molecule has 8 nitrogen and oxygen atoms in total. The summed E-state index contributed by atoms with van der Waals surface area (Å²) in [6, 6.07) is 9.21. The van der Waals surface area contributed by atoms with Crippen LogP contribution in [0.15, 0.2) is 40.9 Å². The summed E-state index contributed by atoms with van der Waals surface area (Å²) >= 11 is 3.38. The zero-order chi connectivity index (χ0) is 20.7. The van der Waals surface area contributed by atoms with E-state index in [0.29, 0.717) is 22.9 Å². The molecule has 2 aromatic carbocycles. The third kappa shape index (κ3) is 5.53. The predicted octanol–water partition coefficient (Wildman–Crippen LogP) is 3.21. The molecule has 0 aliphatic rings. The molecule has 9 heteroatoms. The maximum Gasteiger partial charge on any atom is 0.312 e. The number of methoxy groups -OCH3 is 3. The number of hydrogen-bond acceptors (Lipinski definition) is 5. The highest BCUT2D eigenvalue weighted by molar-refractivity contribution is 9.10. The van der Waals surface area contributed by atoms with E-state index in [0.717, 1.165) is 10.0 Å². The van der Waals surface area contributed by atoms with Gasteiger partial charge in [0.2, 0.25) is 11.7 Å². The molecule has 0 aromatic heterocycles. The molecule has 4 N–H and O–H groups in total. The number of nitrogens with one attached hydrogen (secondary N) is 2. The number of carbonyl (C=O) groups excluding carboxylic acids is 2. The van der Waals surface area contributed by atoms with E-state index in [1.54, 1.807) is 18.2 Å². The van der Waals surface area contributed by atoms with E-state index in [2.05, 4.69) is 26.6 Å². The summed E-state index contributed by atoms with van der Waals surface area (Å²) in [6.07, 6.45) is -0.0178. The first-order chi connectivity index (χ1) is 13.4. The zero-order valence-corrected chi connectivity index (χ0v) is 17.3. The van der Waals surface area contributed by atoms with Gasteiger partial charge < -0.3 is 30.6 Å². The number of anilines is 1. The molecule has 28 heavy (non-hydrogen) atoms. The molecular formula is C19H22BrN3O5. The molecule has 0 saturated carbocycles. The Kier molecular flexibility index (Phi) is 7.51. The molecule has 0 bridgehead atoms. The number of ether oxygens (including phenoxy) is 3. The first-order valence-corrected chi connectivity index (χ1v) is 9.08. The number of nitrogens with two attached hydrogens (primary N) is 1. The molecule has 1 unspecified atom stereocenters. The van der Waals surface area contributed by atoms with E-state index >= 15 is 0 Å². The highest BCUT2D eigenvalue weighted by atomic mass is 79.9. The molecule has 0 radical (unpaired) electrons. The fourth-order valence-corrected chi connectivity index (χ4v) is 3.11. The van der Waals surface area contributed by atoms with Crippen LogP contribution in [0.4, 0.5) is 10.5 Å². The van der Waals surface area contributed by atoms with Gasteiger partial charge in [-0.05, 0) is 17.7 Å². The second-order valence-electron chi connectivity index (χ2n) is 5.78. The quantitative estimate of drug-likeness (QED) is 0.570. The van der Waals surface area contributed by atoms with Crippen LogP contribution in [-0.2, 0) is 4.79 Å². The number of rotatable bonds is 8. The van der Waals surface area contributed by atoms with Crippen LogP contribution in [-0.4, -0.2) is 33.3 Å². The molecule has 0 heterocycles. The second-order valence-corrected chi connectivity index (χ2v) is 6.70. The number of halogens is 1. The summed E-state index contributed by atoms with van der Waals surface area (Å²) in [5.41, 5.74) is 6.47. The summed E-state index contributed by atoms with van der Waals surface area (Å²) in [6.45, 7) is 0. The molecule has 3 amide bonds. The minimum absolute atomic E-state index is 0.0178. The monoisotopic (exact) mass is 451 g/mol. The van der Waals surface area contributed by atoms with Gasteiger partial charge in [-0.3, -0.25) is 4.79 Å². The summed E-state index contributed by atoms with van der Waals surface area (Å²) in [7, 11) is 4.47. The lowest BCUT2D eigenvalue weighted by molar-refractivity contribution is -0.116. The number of urea groups is 1. The van der Waals surface area contributed by atoms with Crippen LogP contribution in [0.1, 0.15) is 18.0 Å². The Labute approximate surface area is 171 Å². The van der Waals surface area contributed by atoms with Crippen molar-refractivity contribution in [1.29, 1.82) is 0 Å². The van der Waals surface area contributed by atoms with Crippen LogP contribution in [0.5, 0.6) is 17.2 Å². The summed E-state index contributed by atoms with van der Waals surface area (Å²) in [4.78, 5) is 24.0. The largest absolute Gasteiger partial charge is 0.493 e. The van der Waals surface area contributed by atoms with Crippen molar-refractivity contribution in [3.05, 3.63) is 46.4 Å². The van der Waals surface area contributed by atoms with Crippen LogP contribution in [0.3, 0.4) is 0 Å². The van der Waals surface area contributed by atoms with Crippen molar-refractivity contribution >= 4 is 33.6 Å². The van der Waals surface area contributed by atoms with Gasteiger partial charge >= 0.3 is 6.03 Å². The van der Waals surface area contributed by atoms with E-state index in [4.69, 9.17) is 19.9 Å². The molecule has 2 rings (SSSR count). The molecular weight excluding hydrogens is 430 g/mol. The minimum Gasteiger partial charge on any atom is -0.493 e. The molecule has 150 valence electrons. The van der Waals surface area contributed by atoms with E-state index < -0.39 is 12.1 Å². The standard InChI is InChI=1S/C19H22BrN3O5/c1-26-15-8-13(9-16(27-2)18(15)28-3)22-17(24)10-14(23-19(21)25)11-5-4-6-12(20)7-11/h4-9,14H,10H2,1-3H3,(H,22,24)(H3,21,23,25). The van der Waals surface area contributed by atoms with Crippen molar-refractivity contribution in [3.63, 3.8) is 0 Å². The van der Waals surface area contributed by atoms with Gasteiger partial charge in [0.25, 0.3) is 0 Å². The van der Waals surface area contributed by atoms with Gasteiger partial charge in [-0.25, -0.2) is 4.79 Å². The molecule has 1 atom stereocenters. The highest BCUT2D eigenvalue weighted by Gasteiger charge is 2.19. The average Bonchev–Trinajstić information content (AvgIpc) is 2.66. The Bertz CT molecular complexity index is 834. The predicted molar refractivity (Wildman–Crippen MR) is 109 cm³/mol. The van der Waals surface area contributed by atoms with Crippen molar-refractivity contribution in [2.75, 3.05) is 26.6 Å². The van der Waals surface area contributed by atoms with Crippen molar-refractivity contribution in [2.24, 2.45) is 5.73 Å². The molecule has 0 aliphatic carbocycles. The number of benzene rings is 2. The fourth-order valence-electron chi connectivity index (χ4n) is 2.70. The molecule has 0 spiro atoms. The van der Waals surface area contributed by atoms with Crippen molar-refractivity contribution in [3.8, 4) is 17.2 Å². The SMILES string of the molecule is COc1cc(NC(=O)CC(NC(N)=O)c2cccc(Br)c2)cc(OC)c1OC. The van der Waals surface area contributed by atoms with Gasteiger partial charge in [0.05, 0.1) is 33.8 Å². The first-order valence-electron chi connectivity index (χ1n) is 8.29. The van der Waals surface area contributed by atoms with Crippen LogP contribution in [0.2, 0.25) is 0 Å². The maximum atomic E-state index is 12.6. The number of carbonyl (C=O) groups is 2. The Morgan fingerprint density at radius 3 is 2.21 bits per heavy atom. The van der Waals surface area contributed by atoms with Gasteiger partial charge in [-0.1, -0.05) is 28.1 Å². The van der Waals surface area contributed by atoms with Crippen LogP contribution >= 0.6 is 15.9 Å². The smallest absolute Gasteiger partial charge is 0.312 e. The van der Waals surface area contributed by atoms with Gasteiger partial charge in [0, 0.05) is 22.3 Å². The Morgan fingerprint density at radius 2 is 1.71 bits per heavy atom. The molecule has 0 aliphatic heterocycles. The average molecular weight is 452 g/mol. The van der Waals surface area contributed by atoms with Gasteiger partial charge in [0.1, 0.15) is 0 Å². The van der Waals surface area contributed by atoms with Crippen LogP contribution in [0, 0.1) is 0 Å². The van der Waals surface area contributed by atoms with Crippen molar-refractivity contribution in [2.45, 2.75) is 12.5 Å². The van der Waals surface area contributed by atoms with Crippen molar-refractivity contribution < 1.29 is 23.8 Å². The molecule has 0 fully saturated rings. The van der Waals surface area contributed by atoms with E-state index in [-0.39, 0.29) is 12.3 Å². The second kappa shape index (κ2) is 9.84. The van der Waals surface area contributed by atoms with Crippen LogP contribution in [0.25, 0.3) is 0 Å². The number of hydrogen-bond donors (Lipinski definition) is 3. The summed E-state index contributed by atoms with van der Waals surface area (Å²) < 4.78 is 16.7. The highest BCUT2D eigenvalue weighted by Crippen LogP contribution is 2.40. The topological polar surface area (TPSA) is 112 Å². The van der Waals surface area contributed by atoms with E-state index in [1.165, 1.54) is 21.3 Å². The normalized spacial score (nSPS) is 11.3. The lowest BCUT2D eigenvalue weighted by atomic mass is 10.0. The lowest BCUT2D eigenvalue weighted by Crippen LogP contribution is -2.35. The molecule has 0 saturated heterocycles.